The first-order chi connectivity index (χ1) is 13.1. The van der Waals surface area contributed by atoms with Crippen LogP contribution in [0.2, 0.25) is 0 Å². The number of carbonyl (C=O) groups is 1. The molecule has 0 saturated carbocycles. The molecular weight excluding hydrogens is 434 g/mol. The summed E-state index contributed by atoms with van der Waals surface area (Å²) >= 11 is 4.52. The van der Waals surface area contributed by atoms with Crippen LogP contribution in [0.15, 0.2) is 62.6 Å². The minimum Gasteiger partial charge on any atom is -0.497 e. The van der Waals surface area contributed by atoms with Gasteiger partial charge in [-0.1, -0.05) is 33.8 Å². The number of carbonyl (C=O) groups excluding carboxylic acids is 1. The molecule has 1 heterocycles. The SMILES string of the molecule is COc1ccc(OCc2nnc(SCC(=O)Nc3cccc(Br)c3)o2)cc1. The van der Waals surface area contributed by atoms with E-state index < -0.39 is 0 Å². The first-order valence-corrected chi connectivity index (χ1v) is 9.67. The van der Waals surface area contributed by atoms with Gasteiger partial charge in [0.25, 0.3) is 11.1 Å². The Labute approximate surface area is 168 Å². The fraction of sp³-hybridized carbons (Fsp3) is 0.167. The average Bonchev–Trinajstić information content (AvgIpc) is 3.13. The highest BCUT2D eigenvalue weighted by molar-refractivity contribution is 9.10. The number of amides is 1. The van der Waals surface area contributed by atoms with Crippen LogP contribution in [0, 0.1) is 0 Å². The van der Waals surface area contributed by atoms with Crippen LogP contribution in [0.4, 0.5) is 5.69 Å². The van der Waals surface area contributed by atoms with Gasteiger partial charge in [0.1, 0.15) is 11.5 Å². The van der Waals surface area contributed by atoms with Gasteiger partial charge in [0.2, 0.25) is 5.91 Å². The van der Waals surface area contributed by atoms with Crippen LogP contribution in [0.5, 0.6) is 11.5 Å². The lowest BCUT2D eigenvalue weighted by molar-refractivity contribution is -0.113. The monoisotopic (exact) mass is 449 g/mol. The molecule has 0 radical (unpaired) electrons. The number of halogens is 1. The Morgan fingerprint density at radius 2 is 1.96 bits per heavy atom. The van der Waals surface area contributed by atoms with Crippen molar-refractivity contribution in [2.45, 2.75) is 11.8 Å². The van der Waals surface area contributed by atoms with E-state index in [9.17, 15) is 4.79 Å². The number of nitrogens with zero attached hydrogens (tertiary/aromatic N) is 2. The lowest BCUT2D eigenvalue weighted by Crippen LogP contribution is -2.13. The minimum absolute atomic E-state index is 0.143. The van der Waals surface area contributed by atoms with Crippen molar-refractivity contribution in [2.75, 3.05) is 18.2 Å². The molecule has 0 saturated heterocycles. The molecule has 27 heavy (non-hydrogen) atoms. The zero-order valence-electron chi connectivity index (χ0n) is 14.3. The van der Waals surface area contributed by atoms with E-state index in [0.717, 1.165) is 22.0 Å². The summed E-state index contributed by atoms with van der Waals surface area (Å²) in [6, 6.07) is 14.5. The summed E-state index contributed by atoms with van der Waals surface area (Å²) in [5.74, 6) is 1.75. The molecule has 0 atom stereocenters. The second kappa shape index (κ2) is 9.43. The fourth-order valence-corrected chi connectivity index (χ4v) is 3.04. The van der Waals surface area contributed by atoms with Crippen LogP contribution in [0.25, 0.3) is 0 Å². The van der Waals surface area contributed by atoms with E-state index in [4.69, 9.17) is 13.9 Å². The van der Waals surface area contributed by atoms with Gasteiger partial charge in [-0.25, -0.2) is 0 Å². The molecule has 0 bridgehead atoms. The molecule has 140 valence electrons. The van der Waals surface area contributed by atoms with E-state index in [1.54, 1.807) is 31.4 Å². The van der Waals surface area contributed by atoms with Crippen LogP contribution < -0.4 is 14.8 Å². The highest BCUT2D eigenvalue weighted by atomic mass is 79.9. The number of anilines is 1. The summed E-state index contributed by atoms with van der Waals surface area (Å²) in [7, 11) is 1.60. The van der Waals surface area contributed by atoms with Gasteiger partial charge in [0, 0.05) is 10.2 Å². The van der Waals surface area contributed by atoms with Crippen LogP contribution >= 0.6 is 27.7 Å². The van der Waals surface area contributed by atoms with Crippen molar-refractivity contribution in [2.24, 2.45) is 0 Å². The molecule has 3 aromatic rings. The lowest BCUT2D eigenvalue weighted by Gasteiger charge is -2.04. The standard InChI is InChI=1S/C18H16BrN3O4S/c1-24-14-5-7-15(8-6-14)25-10-17-21-22-18(26-17)27-11-16(23)20-13-4-2-3-12(19)9-13/h2-9H,10-11H2,1H3,(H,20,23). The Morgan fingerprint density at radius 3 is 2.70 bits per heavy atom. The summed E-state index contributed by atoms with van der Waals surface area (Å²) in [4.78, 5) is 12.0. The van der Waals surface area contributed by atoms with Crippen LogP contribution in [0.3, 0.4) is 0 Å². The predicted octanol–water partition coefficient (Wildman–Crippen LogP) is 4.15. The van der Waals surface area contributed by atoms with Crippen molar-refractivity contribution >= 4 is 39.3 Å². The first-order valence-electron chi connectivity index (χ1n) is 7.90. The highest BCUT2D eigenvalue weighted by Crippen LogP contribution is 2.21. The van der Waals surface area contributed by atoms with Crippen molar-refractivity contribution < 1.29 is 18.7 Å². The summed E-state index contributed by atoms with van der Waals surface area (Å²) in [5, 5.41) is 10.9. The van der Waals surface area contributed by atoms with E-state index in [0.29, 0.717) is 22.6 Å². The Kier molecular flexibility index (Phi) is 6.72. The normalized spacial score (nSPS) is 10.4. The molecule has 0 spiro atoms. The van der Waals surface area contributed by atoms with Gasteiger partial charge in [0.05, 0.1) is 12.9 Å². The molecule has 3 rings (SSSR count). The highest BCUT2D eigenvalue weighted by Gasteiger charge is 2.11. The maximum Gasteiger partial charge on any atom is 0.277 e. The van der Waals surface area contributed by atoms with Gasteiger partial charge < -0.3 is 19.2 Å². The number of hydrogen-bond acceptors (Lipinski definition) is 7. The molecule has 1 N–H and O–H groups in total. The van der Waals surface area contributed by atoms with Gasteiger partial charge >= 0.3 is 0 Å². The van der Waals surface area contributed by atoms with Gasteiger partial charge in [-0.15, -0.1) is 10.2 Å². The number of ether oxygens (including phenoxy) is 2. The molecule has 9 heteroatoms. The molecule has 0 fully saturated rings. The Morgan fingerprint density at radius 1 is 1.19 bits per heavy atom. The van der Waals surface area contributed by atoms with E-state index in [-0.39, 0.29) is 18.3 Å². The molecule has 0 aliphatic rings. The number of nitrogens with one attached hydrogen (secondary N) is 1. The maximum absolute atomic E-state index is 12.0. The van der Waals surface area contributed by atoms with Crippen LogP contribution in [0.1, 0.15) is 5.89 Å². The smallest absolute Gasteiger partial charge is 0.277 e. The number of benzene rings is 2. The number of methoxy groups -OCH3 is 1. The van der Waals surface area contributed by atoms with E-state index in [1.807, 2.05) is 24.3 Å². The second-order valence-corrected chi connectivity index (χ2v) is 7.12. The van der Waals surface area contributed by atoms with Crippen molar-refractivity contribution in [1.82, 2.24) is 10.2 Å². The molecular formula is C18H16BrN3O4S. The van der Waals surface area contributed by atoms with Crippen molar-refractivity contribution in [3.63, 3.8) is 0 Å². The Balaban J connectivity index is 1.45. The summed E-state index contributed by atoms with van der Waals surface area (Å²) in [5.41, 5.74) is 0.717. The molecule has 0 aliphatic heterocycles. The minimum atomic E-state index is -0.160. The van der Waals surface area contributed by atoms with Gasteiger partial charge in [-0.05, 0) is 42.5 Å². The number of aromatic nitrogens is 2. The first kappa shape index (κ1) is 19.2. The van der Waals surface area contributed by atoms with Crippen LogP contribution in [-0.2, 0) is 11.4 Å². The number of rotatable bonds is 8. The van der Waals surface area contributed by atoms with Gasteiger partial charge in [0.15, 0.2) is 6.61 Å². The summed E-state index contributed by atoms with van der Waals surface area (Å²) in [6.07, 6.45) is 0. The topological polar surface area (TPSA) is 86.5 Å². The number of thioether (sulfide) groups is 1. The molecule has 0 unspecified atom stereocenters. The number of hydrogen-bond donors (Lipinski definition) is 1. The van der Waals surface area contributed by atoms with Gasteiger partial charge in [-0.3, -0.25) is 4.79 Å². The quantitative estimate of drug-likeness (QED) is 0.516. The van der Waals surface area contributed by atoms with E-state index in [1.165, 1.54) is 0 Å². The predicted molar refractivity (Wildman–Crippen MR) is 105 cm³/mol. The third-order valence-electron chi connectivity index (χ3n) is 3.31. The van der Waals surface area contributed by atoms with E-state index >= 15 is 0 Å². The molecule has 7 nitrogen and oxygen atoms in total. The molecule has 1 amide bonds. The fourth-order valence-electron chi connectivity index (χ4n) is 2.06. The zero-order valence-corrected chi connectivity index (χ0v) is 16.7. The Bertz CT molecular complexity index is 902. The van der Waals surface area contributed by atoms with Crippen molar-refractivity contribution in [3.05, 3.63) is 58.9 Å². The third-order valence-corrected chi connectivity index (χ3v) is 4.62. The average molecular weight is 450 g/mol. The molecule has 2 aromatic carbocycles. The third kappa shape index (κ3) is 6.00. The summed E-state index contributed by atoms with van der Waals surface area (Å²) in [6.45, 7) is 0.143. The molecule has 1 aromatic heterocycles. The largest absolute Gasteiger partial charge is 0.497 e. The van der Waals surface area contributed by atoms with Crippen molar-refractivity contribution in [1.29, 1.82) is 0 Å². The molecule has 0 aliphatic carbocycles. The van der Waals surface area contributed by atoms with Crippen molar-refractivity contribution in [3.8, 4) is 11.5 Å². The van der Waals surface area contributed by atoms with Crippen LogP contribution in [-0.4, -0.2) is 29.0 Å². The zero-order chi connectivity index (χ0) is 19.1. The summed E-state index contributed by atoms with van der Waals surface area (Å²) < 4.78 is 17.0. The van der Waals surface area contributed by atoms with E-state index in [2.05, 4.69) is 31.4 Å². The Hall–Kier alpha value is -2.52. The lowest BCUT2D eigenvalue weighted by atomic mass is 10.3. The van der Waals surface area contributed by atoms with Gasteiger partial charge in [-0.2, -0.15) is 0 Å². The second-order valence-electron chi connectivity index (χ2n) is 5.27. The maximum atomic E-state index is 12.0.